The Bertz CT molecular complexity index is 1000. The SMILES string of the molecule is CCOC(=O)c1nc(C2CCOCC2)nc(N2CCc3ccc(C(F)(F)F)cc3C2)c1C. The average Bonchev–Trinajstić information content (AvgIpc) is 2.78. The minimum Gasteiger partial charge on any atom is -0.461 e. The van der Waals surface area contributed by atoms with Crippen LogP contribution < -0.4 is 4.90 Å². The van der Waals surface area contributed by atoms with E-state index in [-0.39, 0.29) is 24.8 Å². The molecular weight excluding hydrogens is 423 g/mol. The largest absolute Gasteiger partial charge is 0.461 e. The van der Waals surface area contributed by atoms with Crippen molar-refractivity contribution in [3.63, 3.8) is 0 Å². The molecule has 0 unspecified atom stereocenters. The van der Waals surface area contributed by atoms with Crippen LogP contribution in [0.2, 0.25) is 0 Å². The first-order chi connectivity index (χ1) is 15.3. The molecule has 0 radical (unpaired) electrons. The van der Waals surface area contributed by atoms with Crippen LogP contribution in [0.25, 0.3) is 0 Å². The van der Waals surface area contributed by atoms with E-state index < -0.39 is 17.7 Å². The van der Waals surface area contributed by atoms with Crippen molar-refractivity contribution in [3.05, 3.63) is 52.0 Å². The van der Waals surface area contributed by atoms with Crippen molar-refractivity contribution in [1.82, 2.24) is 9.97 Å². The van der Waals surface area contributed by atoms with E-state index in [0.29, 0.717) is 48.9 Å². The van der Waals surface area contributed by atoms with Gasteiger partial charge in [-0.15, -0.1) is 0 Å². The van der Waals surface area contributed by atoms with Crippen LogP contribution >= 0.6 is 0 Å². The summed E-state index contributed by atoms with van der Waals surface area (Å²) in [5, 5.41) is 0. The van der Waals surface area contributed by atoms with Gasteiger partial charge in [-0.05, 0) is 56.4 Å². The lowest BCUT2D eigenvalue weighted by atomic mass is 9.96. The van der Waals surface area contributed by atoms with Crippen molar-refractivity contribution < 1.29 is 27.4 Å². The fourth-order valence-electron chi connectivity index (χ4n) is 4.28. The van der Waals surface area contributed by atoms with E-state index >= 15 is 0 Å². The quantitative estimate of drug-likeness (QED) is 0.644. The first kappa shape index (κ1) is 22.5. The standard InChI is InChI=1S/C23H26F3N3O3/c1-3-32-22(30)19-14(2)21(28-20(27-19)16-7-10-31-11-8-16)29-9-6-15-4-5-18(23(24,25)26)12-17(15)13-29/h4-5,12,16H,3,6-11,13H2,1-2H3. The summed E-state index contributed by atoms with van der Waals surface area (Å²) in [6.45, 7) is 5.79. The second kappa shape index (κ2) is 9.05. The van der Waals surface area contributed by atoms with Crippen LogP contribution in [0.1, 0.15) is 64.2 Å². The van der Waals surface area contributed by atoms with Gasteiger partial charge in [0.05, 0.1) is 12.2 Å². The summed E-state index contributed by atoms with van der Waals surface area (Å²) in [6, 6.07) is 3.90. The fourth-order valence-corrected chi connectivity index (χ4v) is 4.28. The highest BCUT2D eigenvalue weighted by Crippen LogP contribution is 2.34. The topological polar surface area (TPSA) is 64.5 Å². The molecule has 9 heteroatoms. The van der Waals surface area contributed by atoms with E-state index in [1.54, 1.807) is 19.9 Å². The number of esters is 1. The smallest absolute Gasteiger partial charge is 0.416 e. The summed E-state index contributed by atoms with van der Waals surface area (Å²) < 4.78 is 50.3. The number of fused-ring (bicyclic) bond motifs is 1. The van der Waals surface area contributed by atoms with Gasteiger partial charge in [0.1, 0.15) is 11.6 Å². The molecule has 0 saturated carbocycles. The van der Waals surface area contributed by atoms with E-state index in [9.17, 15) is 18.0 Å². The van der Waals surface area contributed by atoms with Crippen LogP contribution in [0.5, 0.6) is 0 Å². The van der Waals surface area contributed by atoms with Crippen molar-refractivity contribution in [3.8, 4) is 0 Å². The highest BCUT2D eigenvalue weighted by atomic mass is 19.4. The number of carbonyl (C=O) groups is 1. The highest BCUT2D eigenvalue weighted by molar-refractivity contribution is 5.90. The monoisotopic (exact) mass is 449 g/mol. The Labute approximate surface area is 184 Å². The highest BCUT2D eigenvalue weighted by Gasteiger charge is 2.32. The Balaban J connectivity index is 1.72. The van der Waals surface area contributed by atoms with Crippen molar-refractivity contribution >= 4 is 11.8 Å². The molecule has 2 aliphatic rings. The van der Waals surface area contributed by atoms with Gasteiger partial charge in [-0.3, -0.25) is 0 Å². The molecule has 1 aromatic carbocycles. The lowest BCUT2D eigenvalue weighted by Gasteiger charge is -2.32. The van der Waals surface area contributed by atoms with Gasteiger partial charge in [-0.2, -0.15) is 13.2 Å². The third-order valence-electron chi connectivity index (χ3n) is 6.04. The average molecular weight is 449 g/mol. The molecule has 0 bridgehead atoms. The van der Waals surface area contributed by atoms with E-state index in [0.717, 1.165) is 24.5 Å². The number of anilines is 1. The minimum absolute atomic E-state index is 0.0604. The molecule has 172 valence electrons. The second-order valence-electron chi connectivity index (χ2n) is 8.14. The molecule has 0 atom stereocenters. The number of aromatic nitrogens is 2. The summed E-state index contributed by atoms with van der Waals surface area (Å²) >= 11 is 0. The zero-order valence-corrected chi connectivity index (χ0v) is 18.2. The number of rotatable bonds is 4. The summed E-state index contributed by atoms with van der Waals surface area (Å²) in [5.74, 6) is 0.684. The predicted octanol–water partition coefficient (Wildman–Crippen LogP) is 4.44. The van der Waals surface area contributed by atoms with Crippen LogP contribution in [0, 0.1) is 6.92 Å². The molecule has 2 aliphatic heterocycles. The number of hydrogen-bond donors (Lipinski definition) is 0. The van der Waals surface area contributed by atoms with Crippen molar-refractivity contribution in [2.24, 2.45) is 0 Å². The van der Waals surface area contributed by atoms with Gasteiger partial charge in [-0.25, -0.2) is 14.8 Å². The van der Waals surface area contributed by atoms with Crippen molar-refractivity contribution in [2.75, 3.05) is 31.3 Å². The molecule has 1 fully saturated rings. The third kappa shape index (κ3) is 4.57. The predicted molar refractivity (Wildman–Crippen MR) is 112 cm³/mol. The maximum absolute atomic E-state index is 13.2. The molecule has 0 N–H and O–H groups in total. The normalized spacial score (nSPS) is 17.2. The van der Waals surface area contributed by atoms with E-state index in [1.807, 2.05) is 4.90 Å². The number of carbonyl (C=O) groups excluding carboxylic acids is 1. The number of benzene rings is 1. The Morgan fingerprint density at radius 2 is 1.97 bits per heavy atom. The molecule has 2 aromatic rings. The second-order valence-corrected chi connectivity index (χ2v) is 8.14. The van der Waals surface area contributed by atoms with Gasteiger partial charge in [0.2, 0.25) is 0 Å². The number of alkyl halides is 3. The number of ether oxygens (including phenoxy) is 2. The number of hydrogen-bond acceptors (Lipinski definition) is 6. The first-order valence-electron chi connectivity index (χ1n) is 10.8. The van der Waals surface area contributed by atoms with Crippen LogP contribution in [-0.4, -0.2) is 42.3 Å². The first-order valence-corrected chi connectivity index (χ1v) is 10.8. The van der Waals surface area contributed by atoms with Crippen LogP contribution in [0.3, 0.4) is 0 Å². The fraction of sp³-hybridized carbons (Fsp3) is 0.522. The van der Waals surface area contributed by atoms with Crippen LogP contribution in [0.4, 0.5) is 19.0 Å². The van der Waals surface area contributed by atoms with Crippen LogP contribution in [0.15, 0.2) is 18.2 Å². The third-order valence-corrected chi connectivity index (χ3v) is 6.04. The molecule has 6 nitrogen and oxygen atoms in total. The lowest BCUT2D eigenvalue weighted by molar-refractivity contribution is -0.137. The molecule has 1 aromatic heterocycles. The van der Waals surface area contributed by atoms with Gasteiger partial charge in [0, 0.05) is 37.8 Å². The molecule has 32 heavy (non-hydrogen) atoms. The van der Waals surface area contributed by atoms with Gasteiger partial charge in [0.15, 0.2) is 5.69 Å². The van der Waals surface area contributed by atoms with E-state index in [4.69, 9.17) is 14.5 Å². The zero-order chi connectivity index (χ0) is 22.9. The van der Waals surface area contributed by atoms with Crippen molar-refractivity contribution in [2.45, 2.75) is 51.7 Å². The molecule has 1 saturated heterocycles. The van der Waals surface area contributed by atoms with Gasteiger partial charge < -0.3 is 14.4 Å². The summed E-state index contributed by atoms with van der Waals surface area (Å²) in [5.41, 5.74) is 1.65. The minimum atomic E-state index is -4.39. The van der Waals surface area contributed by atoms with Gasteiger partial charge in [-0.1, -0.05) is 6.07 Å². The molecule has 4 rings (SSSR count). The molecule has 0 amide bonds. The molecule has 0 aliphatic carbocycles. The number of halogens is 3. The Morgan fingerprint density at radius 1 is 1.22 bits per heavy atom. The Morgan fingerprint density at radius 3 is 2.66 bits per heavy atom. The van der Waals surface area contributed by atoms with E-state index in [1.165, 1.54) is 6.07 Å². The summed E-state index contributed by atoms with van der Waals surface area (Å²) in [4.78, 5) is 23.9. The molecule has 3 heterocycles. The Kier molecular flexibility index (Phi) is 6.37. The summed E-state index contributed by atoms with van der Waals surface area (Å²) in [7, 11) is 0. The van der Waals surface area contributed by atoms with Gasteiger partial charge in [0.25, 0.3) is 0 Å². The zero-order valence-electron chi connectivity index (χ0n) is 18.2. The number of nitrogens with zero attached hydrogens (tertiary/aromatic N) is 3. The van der Waals surface area contributed by atoms with E-state index in [2.05, 4.69) is 4.98 Å². The molecular formula is C23H26F3N3O3. The van der Waals surface area contributed by atoms with Gasteiger partial charge >= 0.3 is 12.1 Å². The summed E-state index contributed by atoms with van der Waals surface area (Å²) in [6.07, 6.45) is -2.29. The Hall–Kier alpha value is -2.68. The van der Waals surface area contributed by atoms with Crippen LogP contribution in [-0.2, 0) is 28.6 Å². The maximum atomic E-state index is 13.2. The molecule has 0 spiro atoms. The maximum Gasteiger partial charge on any atom is 0.416 e. The van der Waals surface area contributed by atoms with Crippen molar-refractivity contribution in [1.29, 1.82) is 0 Å². The lowest BCUT2D eigenvalue weighted by Crippen LogP contribution is -2.33.